The second-order valence-corrected chi connectivity index (χ2v) is 8.28. The van der Waals surface area contributed by atoms with Gasteiger partial charge >= 0.3 is 0 Å². The second-order valence-electron chi connectivity index (χ2n) is 6.95. The number of rotatable bonds is 7. The minimum absolute atomic E-state index is 0.124. The Labute approximate surface area is 180 Å². The van der Waals surface area contributed by atoms with E-state index in [4.69, 9.17) is 4.74 Å². The molecule has 0 bridgehead atoms. The zero-order valence-electron chi connectivity index (χ0n) is 17.2. The molecule has 0 aliphatic rings. The molecule has 2 aromatic carbocycles. The number of hydrogen-bond donors (Lipinski definition) is 0. The summed E-state index contributed by atoms with van der Waals surface area (Å²) in [5, 5.41) is 1.59. The molecule has 2 heterocycles. The largest absolute Gasteiger partial charge is 0.494 e. The van der Waals surface area contributed by atoms with Crippen LogP contribution in [0, 0.1) is 0 Å². The van der Waals surface area contributed by atoms with Gasteiger partial charge in [0.1, 0.15) is 28.5 Å². The van der Waals surface area contributed by atoms with Crippen LogP contribution in [0.1, 0.15) is 20.8 Å². The van der Waals surface area contributed by atoms with Crippen molar-refractivity contribution in [2.24, 2.45) is 0 Å². The van der Waals surface area contributed by atoms with Gasteiger partial charge in [0.15, 0.2) is 0 Å². The molecule has 1 atom stereocenters. The van der Waals surface area contributed by atoms with Crippen LogP contribution in [0.25, 0.3) is 27.8 Å². The standard InChI is InChI=1S/C24H23N3O2S/c1-4-29-20-12-10-19(11-13-20)27-14-21(18-8-6-5-7-9-18)22-23(27)25-15-26-24(22)30-17(3)16(2)28/h5-15,17H,4H2,1-3H3/t17-/m1/s1. The molecule has 0 saturated heterocycles. The Balaban J connectivity index is 1.91. The van der Waals surface area contributed by atoms with Gasteiger partial charge in [0, 0.05) is 17.4 Å². The fraction of sp³-hybridized carbons (Fsp3) is 0.208. The Bertz CT molecular complexity index is 1170. The third-order valence-electron chi connectivity index (χ3n) is 4.92. The Kier molecular flexibility index (Phi) is 5.86. The van der Waals surface area contributed by atoms with Gasteiger partial charge in [0.2, 0.25) is 0 Å². The van der Waals surface area contributed by atoms with Crippen molar-refractivity contribution < 1.29 is 9.53 Å². The Morgan fingerprint density at radius 3 is 2.50 bits per heavy atom. The summed E-state index contributed by atoms with van der Waals surface area (Å²) in [5.41, 5.74) is 3.92. The van der Waals surface area contributed by atoms with Crippen LogP contribution in [0.5, 0.6) is 5.75 Å². The average Bonchev–Trinajstić information content (AvgIpc) is 3.16. The van der Waals surface area contributed by atoms with Crippen LogP contribution in [0.3, 0.4) is 0 Å². The Hall–Kier alpha value is -3.12. The molecule has 4 rings (SSSR count). The molecule has 0 radical (unpaired) electrons. The minimum atomic E-state index is -0.180. The number of ketones is 1. The Morgan fingerprint density at radius 2 is 1.83 bits per heavy atom. The van der Waals surface area contributed by atoms with Crippen LogP contribution in [-0.4, -0.2) is 32.2 Å². The lowest BCUT2D eigenvalue weighted by atomic mass is 10.1. The van der Waals surface area contributed by atoms with Crippen LogP contribution in [0.4, 0.5) is 0 Å². The highest BCUT2D eigenvalue weighted by Gasteiger charge is 2.20. The van der Waals surface area contributed by atoms with Crippen molar-refractivity contribution >= 4 is 28.6 Å². The van der Waals surface area contributed by atoms with E-state index in [-0.39, 0.29) is 11.0 Å². The second kappa shape index (κ2) is 8.71. The molecule has 0 spiro atoms. The summed E-state index contributed by atoms with van der Waals surface area (Å²) in [6, 6.07) is 18.1. The third-order valence-corrected chi connectivity index (χ3v) is 6.14. The monoisotopic (exact) mass is 417 g/mol. The maximum Gasteiger partial charge on any atom is 0.149 e. The molecule has 152 valence electrons. The molecule has 5 nitrogen and oxygen atoms in total. The maximum absolute atomic E-state index is 11.9. The molecular formula is C24H23N3O2S. The number of ether oxygens (including phenoxy) is 1. The summed E-state index contributed by atoms with van der Waals surface area (Å²) >= 11 is 1.47. The normalized spacial score (nSPS) is 12.1. The highest BCUT2D eigenvalue weighted by molar-refractivity contribution is 8.00. The fourth-order valence-corrected chi connectivity index (χ4v) is 4.20. The van der Waals surface area contributed by atoms with E-state index in [0.717, 1.165) is 38.6 Å². The van der Waals surface area contributed by atoms with E-state index in [2.05, 4.69) is 32.9 Å². The molecular weight excluding hydrogens is 394 g/mol. The predicted molar refractivity (Wildman–Crippen MR) is 121 cm³/mol. The maximum atomic E-state index is 11.9. The first-order chi connectivity index (χ1) is 14.6. The number of thioether (sulfide) groups is 1. The van der Waals surface area contributed by atoms with Crippen molar-refractivity contribution in [2.75, 3.05) is 6.61 Å². The summed E-state index contributed by atoms with van der Waals surface area (Å²) in [6.07, 6.45) is 3.66. The molecule has 6 heteroatoms. The van der Waals surface area contributed by atoms with Crippen LogP contribution >= 0.6 is 11.8 Å². The van der Waals surface area contributed by atoms with Gasteiger partial charge in [-0.3, -0.25) is 4.79 Å². The molecule has 0 fully saturated rings. The van der Waals surface area contributed by atoms with Gasteiger partial charge in [-0.2, -0.15) is 0 Å². The molecule has 0 N–H and O–H groups in total. The molecule has 0 saturated carbocycles. The van der Waals surface area contributed by atoms with Crippen LogP contribution < -0.4 is 4.74 Å². The lowest BCUT2D eigenvalue weighted by Gasteiger charge is -2.09. The molecule has 2 aromatic heterocycles. The number of aromatic nitrogens is 3. The number of Topliss-reactive ketones (excluding diaryl/α,β-unsaturated/α-hetero) is 1. The van der Waals surface area contributed by atoms with Crippen molar-refractivity contribution in [3.8, 4) is 22.6 Å². The van der Waals surface area contributed by atoms with Crippen molar-refractivity contribution in [3.05, 3.63) is 67.1 Å². The van der Waals surface area contributed by atoms with E-state index < -0.39 is 0 Å². The van der Waals surface area contributed by atoms with Gasteiger partial charge in [-0.15, -0.1) is 0 Å². The van der Waals surface area contributed by atoms with Crippen molar-refractivity contribution in [2.45, 2.75) is 31.0 Å². The zero-order chi connectivity index (χ0) is 21.1. The van der Waals surface area contributed by atoms with E-state index in [1.807, 2.05) is 56.3 Å². The molecule has 0 amide bonds. The Morgan fingerprint density at radius 1 is 1.10 bits per heavy atom. The van der Waals surface area contributed by atoms with E-state index in [0.29, 0.717) is 6.61 Å². The van der Waals surface area contributed by atoms with E-state index >= 15 is 0 Å². The summed E-state index contributed by atoms with van der Waals surface area (Å²) in [5.74, 6) is 0.959. The van der Waals surface area contributed by atoms with E-state index in [9.17, 15) is 4.79 Å². The summed E-state index contributed by atoms with van der Waals surface area (Å²) in [4.78, 5) is 21.0. The van der Waals surface area contributed by atoms with Gasteiger partial charge in [-0.25, -0.2) is 9.97 Å². The van der Waals surface area contributed by atoms with E-state index in [1.54, 1.807) is 13.3 Å². The lowest BCUT2D eigenvalue weighted by Crippen LogP contribution is -2.08. The number of carbonyl (C=O) groups excluding carboxylic acids is 1. The summed E-state index contributed by atoms with van der Waals surface area (Å²) < 4.78 is 7.64. The molecule has 30 heavy (non-hydrogen) atoms. The topological polar surface area (TPSA) is 57.0 Å². The van der Waals surface area contributed by atoms with Gasteiger partial charge in [-0.1, -0.05) is 42.1 Å². The molecule has 0 unspecified atom stereocenters. The third kappa shape index (κ3) is 3.96. The number of hydrogen-bond acceptors (Lipinski definition) is 5. The first-order valence-corrected chi connectivity index (χ1v) is 10.8. The van der Waals surface area contributed by atoms with Gasteiger partial charge in [-0.05, 0) is 50.6 Å². The molecule has 0 aliphatic carbocycles. The number of nitrogens with zero attached hydrogens (tertiary/aromatic N) is 3. The molecule has 4 aromatic rings. The van der Waals surface area contributed by atoms with Crippen molar-refractivity contribution in [1.29, 1.82) is 0 Å². The number of carbonyl (C=O) groups is 1. The lowest BCUT2D eigenvalue weighted by molar-refractivity contribution is -0.116. The van der Waals surface area contributed by atoms with Gasteiger partial charge in [0.05, 0.1) is 17.2 Å². The van der Waals surface area contributed by atoms with Crippen LogP contribution in [-0.2, 0) is 4.79 Å². The van der Waals surface area contributed by atoms with Gasteiger partial charge < -0.3 is 9.30 Å². The predicted octanol–water partition coefficient (Wildman–Crippen LogP) is 5.56. The van der Waals surface area contributed by atoms with Crippen LogP contribution in [0.2, 0.25) is 0 Å². The summed E-state index contributed by atoms with van der Waals surface area (Å²) in [6.45, 7) is 6.12. The quantitative estimate of drug-likeness (QED) is 0.291. The summed E-state index contributed by atoms with van der Waals surface area (Å²) in [7, 11) is 0. The van der Waals surface area contributed by atoms with E-state index in [1.165, 1.54) is 11.8 Å². The highest BCUT2D eigenvalue weighted by atomic mass is 32.2. The SMILES string of the molecule is CCOc1ccc(-n2cc(-c3ccccc3)c3c(S[C@H](C)C(C)=O)ncnc32)cc1. The van der Waals surface area contributed by atoms with Crippen molar-refractivity contribution in [1.82, 2.24) is 14.5 Å². The van der Waals surface area contributed by atoms with Crippen LogP contribution in [0.15, 0.2) is 72.1 Å². The minimum Gasteiger partial charge on any atom is -0.494 e. The first-order valence-electron chi connectivity index (χ1n) is 9.90. The first kappa shape index (κ1) is 20.2. The number of fused-ring (bicyclic) bond motifs is 1. The van der Waals surface area contributed by atoms with Crippen molar-refractivity contribution in [3.63, 3.8) is 0 Å². The fourth-order valence-electron chi connectivity index (χ4n) is 3.28. The highest BCUT2D eigenvalue weighted by Crippen LogP contribution is 2.38. The average molecular weight is 418 g/mol. The molecule has 0 aliphatic heterocycles. The smallest absolute Gasteiger partial charge is 0.149 e. The van der Waals surface area contributed by atoms with Gasteiger partial charge in [0.25, 0.3) is 0 Å². The zero-order valence-corrected chi connectivity index (χ0v) is 18.0. The number of benzene rings is 2.